The number of hydrogen-bond acceptors (Lipinski definition) is 9. The first kappa shape index (κ1) is 13.9. The van der Waals surface area contributed by atoms with Gasteiger partial charge in [-0.3, -0.25) is 0 Å². The summed E-state index contributed by atoms with van der Waals surface area (Å²) in [5.41, 5.74) is 6.84. The Kier molecular flexibility index (Phi) is 3.66. The summed E-state index contributed by atoms with van der Waals surface area (Å²) in [6.07, 6.45) is 0. The largest absolute Gasteiger partial charge is 0.398 e. The third-order valence-electron chi connectivity index (χ3n) is 2.63. The van der Waals surface area contributed by atoms with Gasteiger partial charge in [0.1, 0.15) is 23.8 Å². The van der Waals surface area contributed by atoms with Crippen molar-refractivity contribution in [3.63, 3.8) is 0 Å². The van der Waals surface area contributed by atoms with Gasteiger partial charge in [0.15, 0.2) is 5.13 Å². The molecule has 0 saturated carbocycles. The molecule has 0 atom stereocenters. The quantitative estimate of drug-likeness (QED) is 0.422. The highest BCUT2D eigenvalue weighted by atomic mass is 32.1. The van der Waals surface area contributed by atoms with E-state index in [2.05, 4.69) is 25.3 Å². The molecule has 0 unspecified atom stereocenters. The van der Waals surface area contributed by atoms with Crippen LogP contribution in [0.25, 0.3) is 11.0 Å². The number of nitrogen functional groups attached to an aromatic ring is 1. The highest BCUT2D eigenvalue weighted by Crippen LogP contribution is 2.13. The van der Waals surface area contributed by atoms with Crippen LogP contribution in [0.1, 0.15) is 5.69 Å². The van der Waals surface area contributed by atoms with E-state index in [0.29, 0.717) is 16.2 Å². The molecule has 3 aromatic rings. The lowest BCUT2D eigenvalue weighted by Gasteiger charge is -2.03. The maximum absolute atomic E-state index is 12.3. The minimum absolute atomic E-state index is 0.116. The van der Waals surface area contributed by atoms with E-state index in [4.69, 9.17) is 10.6 Å². The summed E-state index contributed by atoms with van der Waals surface area (Å²) in [4.78, 5) is 27.1. The number of rotatable bonds is 4. The zero-order valence-electron chi connectivity index (χ0n) is 11.3. The Balaban J connectivity index is 1.90. The summed E-state index contributed by atoms with van der Waals surface area (Å²) in [7, 11) is 1.31. The minimum atomic E-state index is -0.789. The Labute approximate surface area is 127 Å². The van der Waals surface area contributed by atoms with E-state index >= 15 is 0 Å². The van der Waals surface area contributed by atoms with Gasteiger partial charge in [0.25, 0.3) is 0 Å². The number of aromatic nitrogens is 4. The van der Waals surface area contributed by atoms with E-state index < -0.39 is 5.97 Å². The molecule has 0 aliphatic rings. The summed E-state index contributed by atoms with van der Waals surface area (Å²) in [6.45, 7) is 0. The van der Waals surface area contributed by atoms with E-state index in [1.165, 1.54) is 18.4 Å². The van der Waals surface area contributed by atoms with E-state index in [0.717, 1.165) is 4.85 Å². The monoisotopic (exact) mass is 318 g/mol. The number of thiazole rings is 1. The fourth-order valence-corrected chi connectivity index (χ4v) is 2.26. The molecule has 0 saturated heterocycles. The lowest BCUT2D eigenvalue weighted by molar-refractivity contribution is -0.137. The molecule has 0 fully saturated rings. The van der Waals surface area contributed by atoms with Crippen molar-refractivity contribution in [2.45, 2.75) is 0 Å². The Bertz CT molecular complexity index is 855. The topological polar surface area (TPSA) is 118 Å². The number of carbonyl (C=O) groups excluding carboxylic acids is 1. The van der Waals surface area contributed by atoms with Crippen molar-refractivity contribution >= 4 is 39.2 Å². The number of hydrogen-bond donors (Lipinski definition) is 1. The standard InChI is InChI=1S/C12H10N6O3S/c1-20-16-10(8-6-22-12(13)14-8)11(19)21-18-9-5-3-2-4-7(9)15-17-18/h2-6H,1H3,(H2,13,14). The molecular weight excluding hydrogens is 308 g/mol. The second-order valence-electron chi connectivity index (χ2n) is 4.02. The number of carbonyl (C=O) groups is 1. The summed E-state index contributed by atoms with van der Waals surface area (Å²) < 4.78 is 0. The summed E-state index contributed by atoms with van der Waals surface area (Å²) >= 11 is 1.17. The van der Waals surface area contributed by atoms with Crippen LogP contribution in [0.3, 0.4) is 0 Å². The second kappa shape index (κ2) is 5.77. The molecule has 1 aromatic carbocycles. The predicted octanol–water partition coefficient (Wildman–Crippen LogP) is 0.476. The van der Waals surface area contributed by atoms with E-state index in [-0.39, 0.29) is 11.4 Å². The Morgan fingerprint density at radius 1 is 1.41 bits per heavy atom. The predicted molar refractivity (Wildman–Crippen MR) is 79.2 cm³/mol. The number of para-hydroxylation sites is 1. The molecule has 2 aromatic heterocycles. The maximum Gasteiger partial charge on any atom is 0.389 e. The number of fused-ring (bicyclic) bond motifs is 1. The highest BCUT2D eigenvalue weighted by molar-refractivity contribution is 7.13. The fraction of sp³-hybridized carbons (Fsp3) is 0.0833. The van der Waals surface area contributed by atoms with Gasteiger partial charge in [-0.1, -0.05) is 22.1 Å². The zero-order valence-corrected chi connectivity index (χ0v) is 12.1. The van der Waals surface area contributed by atoms with Crippen LogP contribution in [0.4, 0.5) is 5.13 Å². The number of nitrogens with zero attached hydrogens (tertiary/aromatic N) is 5. The van der Waals surface area contributed by atoms with Gasteiger partial charge in [-0.2, -0.15) is 0 Å². The van der Waals surface area contributed by atoms with Crippen molar-refractivity contribution in [3.8, 4) is 0 Å². The van der Waals surface area contributed by atoms with Gasteiger partial charge >= 0.3 is 5.97 Å². The lowest BCUT2D eigenvalue weighted by atomic mass is 10.3. The number of benzene rings is 1. The van der Waals surface area contributed by atoms with Gasteiger partial charge in [0.2, 0.25) is 5.71 Å². The van der Waals surface area contributed by atoms with Gasteiger partial charge in [0.05, 0.1) is 0 Å². The third-order valence-corrected chi connectivity index (χ3v) is 3.31. The van der Waals surface area contributed by atoms with Crippen LogP contribution >= 0.6 is 11.3 Å². The van der Waals surface area contributed by atoms with Gasteiger partial charge in [-0.25, -0.2) is 9.78 Å². The zero-order chi connectivity index (χ0) is 15.5. The van der Waals surface area contributed by atoms with Crippen molar-refractivity contribution in [3.05, 3.63) is 35.3 Å². The Hall–Kier alpha value is -3.01. The van der Waals surface area contributed by atoms with E-state index in [9.17, 15) is 4.79 Å². The summed E-state index contributed by atoms with van der Waals surface area (Å²) in [6, 6.07) is 7.05. The Morgan fingerprint density at radius 2 is 2.23 bits per heavy atom. The SMILES string of the molecule is CON=C(C(=O)On1nnc2ccccc21)c1csc(N)n1. The van der Waals surface area contributed by atoms with Crippen molar-refractivity contribution in [1.29, 1.82) is 0 Å². The van der Waals surface area contributed by atoms with Crippen LogP contribution in [-0.4, -0.2) is 38.9 Å². The molecular formula is C12H10N6O3S. The first-order valence-electron chi connectivity index (χ1n) is 6.04. The molecule has 0 amide bonds. The molecule has 0 spiro atoms. The van der Waals surface area contributed by atoms with Crippen LogP contribution in [-0.2, 0) is 9.63 Å². The maximum atomic E-state index is 12.3. The molecule has 0 aliphatic heterocycles. The molecule has 2 heterocycles. The number of oxime groups is 1. The first-order chi connectivity index (χ1) is 10.7. The smallest absolute Gasteiger partial charge is 0.389 e. The molecule has 9 nitrogen and oxygen atoms in total. The molecule has 22 heavy (non-hydrogen) atoms. The van der Waals surface area contributed by atoms with Crippen molar-refractivity contribution in [1.82, 2.24) is 20.1 Å². The number of nitrogens with two attached hydrogens (primary N) is 1. The molecule has 0 aliphatic carbocycles. The van der Waals surface area contributed by atoms with Crippen LogP contribution < -0.4 is 10.6 Å². The molecule has 112 valence electrons. The van der Waals surface area contributed by atoms with E-state index in [1.54, 1.807) is 29.6 Å². The van der Waals surface area contributed by atoms with Crippen LogP contribution in [0.5, 0.6) is 0 Å². The normalized spacial score (nSPS) is 11.6. The molecule has 0 radical (unpaired) electrons. The average Bonchev–Trinajstić information content (AvgIpc) is 3.12. The lowest BCUT2D eigenvalue weighted by Crippen LogP contribution is -2.29. The number of anilines is 1. The molecule has 10 heteroatoms. The third kappa shape index (κ3) is 2.59. The Morgan fingerprint density at radius 3 is 2.95 bits per heavy atom. The molecule has 0 bridgehead atoms. The minimum Gasteiger partial charge on any atom is -0.398 e. The highest BCUT2D eigenvalue weighted by Gasteiger charge is 2.22. The summed E-state index contributed by atoms with van der Waals surface area (Å²) in [5.74, 6) is -0.789. The van der Waals surface area contributed by atoms with Crippen LogP contribution in [0.15, 0.2) is 34.8 Å². The van der Waals surface area contributed by atoms with Gasteiger partial charge in [-0.15, -0.1) is 16.4 Å². The van der Waals surface area contributed by atoms with Gasteiger partial charge in [0, 0.05) is 5.38 Å². The molecule has 3 rings (SSSR count). The van der Waals surface area contributed by atoms with Gasteiger partial charge < -0.3 is 15.4 Å². The van der Waals surface area contributed by atoms with E-state index in [1.807, 2.05) is 0 Å². The van der Waals surface area contributed by atoms with Crippen LogP contribution in [0.2, 0.25) is 0 Å². The first-order valence-corrected chi connectivity index (χ1v) is 6.92. The summed E-state index contributed by atoms with van der Waals surface area (Å²) in [5, 5.41) is 13.2. The molecule has 2 N–H and O–H groups in total. The van der Waals surface area contributed by atoms with Crippen LogP contribution in [0, 0.1) is 0 Å². The van der Waals surface area contributed by atoms with Crippen molar-refractivity contribution in [2.75, 3.05) is 12.8 Å². The second-order valence-corrected chi connectivity index (χ2v) is 4.91. The van der Waals surface area contributed by atoms with Gasteiger partial charge in [-0.05, 0) is 17.3 Å². The van der Waals surface area contributed by atoms with Crippen molar-refractivity contribution in [2.24, 2.45) is 5.16 Å². The fourth-order valence-electron chi connectivity index (χ4n) is 1.71. The van der Waals surface area contributed by atoms with Crippen molar-refractivity contribution < 1.29 is 14.5 Å². The average molecular weight is 318 g/mol.